The van der Waals surface area contributed by atoms with Crippen LogP contribution in [0.3, 0.4) is 0 Å². The summed E-state index contributed by atoms with van der Waals surface area (Å²) in [5.74, 6) is 0. The third kappa shape index (κ3) is 3.64. The molecule has 0 saturated heterocycles. The van der Waals surface area contributed by atoms with Crippen molar-refractivity contribution in [1.29, 1.82) is 0 Å². The molecule has 0 radical (unpaired) electrons. The van der Waals surface area contributed by atoms with Crippen molar-refractivity contribution in [1.82, 2.24) is 0 Å². The molecule has 0 heterocycles. The fourth-order valence-electron chi connectivity index (χ4n) is 2.17. The molecule has 0 amide bonds. The molecule has 0 aliphatic rings. The van der Waals surface area contributed by atoms with E-state index in [9.17, 15) is 9.59 Å². The lowest BCUT2D eigenvalue weighted by Crippen LogP contribution is -2.41. The number of unbranched alkanes of at least 4 members (excludes halogenated alkanes) is 2. The van der Waals surface area contributed by atoms with Gasteiger partial charge in [-0.05, 0) is 0 Å². The normalized spacial score (nSPS) is 11.3. The number of benzene rings is 1. The van der Waals surface area contributed by atoms with Crippen LogP contribution < -0.4 is 5.19 Å². The van der Waals surface area contributed by atoms with E-state index in [4.69, 9.17) is 0 Å². The van der Waals surface area contributed by atoms with Gasteiger partial charge in [-0.15, -0.1) is 0 Å². The Hall–Kier alpha value is -1.22. The number of aldehydes is 2. The highest BCUT2D eigenvalue weighted by molar-refractivity contribution is 6.89. The Balaban J connectivity index is 2.94. The van der Waals surface area contributed by atoms with E-state index in [1.54, 1.807) is 6.07 Å². The Morgan fingerprint density at radius 1 is 1.06 bits per heavy atom. The van der Waals surface area contributed by atoms with Crippen molar-refractivity contribution >= 4 is 25.8 Å². The van der Waals surface area contributed by atoms with Crippen LogP contribution in [-0.4, -0.2) is 20.6 Å². The van der Waals surface area contributed by atoms with Gasteiger partial charge in [0.2, 0.25) is 0 Å². The van der Waals surface area contributed by atoms with E-state index >= 15 is 0 Å². The standard InChI is InChI=1S/C15H22O2Si/c1-4-5-6-9-18(2,3)15-8-7-13(11-16)14(10-15)12-17/h7-8,10-12H,4-6,9H2,1-3H3. The van der Waals surface area contributed by atoms with E-state index in [1.807, 2.05) is 12.1 Å². The van der Waals surface area contributed by atoms with Gasteiger partial charge in [-0.2, -0.15) is 0 Å². The van der Waals surface area contributed by atoms with Gasteiger partial charge >= 0.3 is 0 Å². The molecule has 0 unspecified atom stereocenters. The van der Waals surface area contributed by atoms with Gasteiger partial charge in [0.05, 0.1) is 8.07 Å². The Labute approximate surface area is 110 Å². The first-order chi connectivity index (χ1) is 8.55. The maximum atomic E-state index is 11.0. The van der Waals surface area contributed by atoms with Crippen molar-refractivity contribution in [2.75, 3.05) is 0 Å². The van der Waals surface area contributed by atoms with Crippen molar-refractivity contribution in [2.24, 2.45) is 0 Å². The lowest BCUT2D eigenvalue weighted by Gasteiger charge is -2.23. The molecule has 0 aliphatic carbocycles. The molecule has 0 spiro atoms. The number of rotatable bonds is 7. The maximum absolute atomic E-state index is 11.0. The first-order valence-electron chi connectivity index (χ1n) is 6.60. The van der Waals surface area contributed by atoms with Crippen LogP contribution in [0.5, 0.6) is 0 Å². The summed E-state index contributed by atoms with van der Waals surface area (Å²) < 4.78 is 0. The van der Waals surface area contributed by atoms with Crippen molar-refractivity contribution in [3.63, 3.8) is 0 Å². The van der Waals surface area contributed by atoms with Gasteiger partial charge in [-0.1, -0.05) is 68.7 Å². The van der Waals surface area contributed by atoms with E-state index < -0.39 is 8.07 Å². The second kappa shape index (κ2) is 6.64. The molecule has 98 valence electrons. The van der Waals surface area contributed by atoms with E-state index in [0.717, 1.165) is 12.6 Å². The topological polar surface area (TPSA) is 34.1 Å². The Kier molecular flexibility index (Phi) is 5.47. The monoisotopic (exact) mass is 262 g/mol. The van der Waals surface area contributed by atoms with Crippen LogP contribution in [0.4, 0.5) is 0 Å². The summed E-state index contributed by atoms with van der Waals surface area (Å²) in [7, 11) is -1.47. The molecular formula is C15H22O2Si. The highest BCUT2D eigenvalue weighted by atomic mass is 28.3. The zero-order chi connectivity index (χ0) is 13.6. The van der Waals surface area contributed by atoms with Gasteiger partial charge < -0.3 is 0 Å². The van der Waals surface area contributed by atoms with Crippen LogP contribution in [0.1, 0.15) is 46.9 Å². The summed E-state index contributed by atoms with van der Waals surface area (Å²) in [5.41, 5.74) is 1.02. The molecule has 0 saturated carbocycles. The summed E-state index contributed by atoms with van der Waals surface area (Å²) in [4.78, 5) is 21.8. The highest BCUT2D eigenvalue weighted by Gasteiger charge is 2.23. The average molecular weight is 262 g/mol. The molecule has 18 heavy (non-hydrogen) atoms. The fourth-order valence-corrected chi connectivity index (χ4v) is 4.67. The molecule has 0 bridgehead atoms. The smallest absolute Gasteiger partial charge is 0.150 e. The molecule has 2 nitrogen and oxygen atoms in total. The second-order valence-corrected chi connectivity index (χ2v) is 10.3. The zero-order valence-corrected chi connectivity index (χ0v) is 12.5. The third-order valence-corrected chi connectivity index (χ3v) is 7.01. The highest BCUT2D eigenvalue weighted by Crippen LogP contribution is 2.16. The third-order valence-electron chi connectivity index (χ3n) is 3.53. The largest absolute Gasteiger partial charge is 0.298 e. The molecule has 3 heteroatoms. The molecule has 0 aromatic heterocycles. The quantitative estimate of drug-likeness (QED) is 0.429. The van der Waals surface area contributed by atoms with Crippen LogP contribution in [0, 0.1) is 0 Å². The van der Waals surface area contributed by atoms with Crippen LogP contribution >= 0.6 is 0 Å². The van der Waals surface area contributed by atoms with Gasteiger partial charge in [0, 0.05) is 11.1 Å². The minimum Gasteiger partial charge on any atom is -0.298 e. The Bertz CT molecular complexity index is 425. The van der Waals surface area contributed by atoms with Crippen molar-refractivity contribution in [3.8, 4) is 0 Å². The fraction of sp³-hybridized carbons (Fsp3) is 0.467. The summed E-state index contributed by atoms with van der Waals surface area (Å²) >= 11 is 0. The van der Waals surface area contributed by atoms with Crippen LogP contribution in [0.25, 0.3) is 0 Å². The van der Waals surface area contributed by atoms with E-state index in [2.05, 4.69) is 20.0 Å². The summed E-state index contributed by atoms with van der Waals surface area (Å²) in [6.07, 6.45) is 5.28. The van der Waals surface area contributed by atoms with Crippen LogP contribution in [0.15, 0.2) is 18.2 Å². The van der Waals surface area contributed by atoms with Gasteiger partial charge in [-0.25, -0.2) is 0 Å². The maximum Gasteiger partial charge on any atom is 0.150 e. The van der Waals surface area contributed by atoms with Gasteiger partial charge in [0.15, 0.2) is 12.6 Å². The average Bonchev–Trinajstić information content (AvgIpc) is 2.38. The van der Waals surface area contributed by atoms with E-state index in [0.29, 0.717) is 11.1 Å². The Morgan fingerprint density at radius 2 is 1.72 bits per heavy atom. The molecule has 1 aromatic rings. The predicted octanol–water partition coefficient (Wildman–Crippen LogP) is 3.42. The molecule has 0 N–H and O–H groups in total. The zero-order valence-electron chi connectivity index (χ0n) is 11.5. The predicted molar refractivity (Wildman–Crippen MR) is 78.7 cm³/mol. The molecule has 0 atom stereocenters. The van der Waals surface area contributed by atoms with Gasteiger partial charge in [0.1, 0.15) is 0 Å². The van der Waals surface area contributed by atoms with Gasteiger partial charge in [-0.3, -0.25) is 9.59 Å². The van der Waals surface area contributed by atoms with Crippen LogP contribution in [0.2, 0.25) is 19.1 Å². The second-order valence-electron chi connectivity index (χ2n) is 5.42. The lowest BCUT2D eigenvalue weighted by molar-refractivity contribution is 0.109. The van der Waals surface area contributed by atoms with Crippen LogP contribution in [-0.2, 0) is 0 Å². The molecule has 1 aromatic carbocycles. The first-order valence-corrected chi connectivity index (χ1v) is 9.80. The summed E-state index contributed by atoms with van der Waals surface area (Å²) in [6.45, 7) is 6.86. The van der Waals surface area contributed by atoms with Crippen molar-refractivity contribution < 1.29 is 9.59 Å². The number of carbonyl (C=O) groups is 2. The molecule has 0 aliphatic heterocycles. The molecule has 0 fully saturated rings. The van der Waals surface area contributed by atoms with E-state index in [-0.39, 0.29) is 0 Å². The molecule has 1 rings (SSSR count). The SMILES string of the molecule is CCCCC[Si](C)(C)c1ccc(C=O)c(C=O)c1. The number of hydrogen-bond acceptors (Lipinski definition) is 2. The molecular weight excluding hydrogens is 240 g/mol. The summed E-state index contributed by atoms with van der Waals surface area (Å²) in [5, 5.41) is 1.27. The number of carbonyl (C=O) groups excluding carboxylic acids is 2. The minimum atomic E-state index is -1.47. The van der Waals surface area contributed by atoms with Gasteiger partial charge in [0.25, 0.3) is 0 Å². The number of hydrogen-bond donors (Lipinski definition) is 0. The first kappa shape index (κ1) is 14.8. The van der Waals surface area contributed by atoms with Crippen molar-refractivity contribution in [2.45, 2.75) is 45.3 Å². The minimum absolute atomic E-state index is 0.493. The summed E-state index contributed by atoms with van der Waals surface area (Å²) in [6, 6.07) is 6.95. The Morgan fingerprint density at radius 3 is 2.28 bits per heavy atom. The van der Waals surface area contributed by atoms with Crippen molar-refractivity contribution in [3.05, 3.63) is 29.3 Å². The van der Waals surface area contributed by atoms with E-state index in [1.165, 1.54) is 30.5 Å². The lowest BCUT2D eigenvalue weighted by atomic mass is 10.1.